The van der Waals surface area contributed by atoms with Gasteiger partial charge in [0, 0.05) is 10.9 Å². The zero-order valence-electron chi connectivity index (χ0n) is 9.80. The second kappa shape index (κ2) is 6.24. The SMILES string of the molecule is CC1(C)CONC1=O.ClCc1ccccc1Cl. The molecule has 0 spiro atoms. The lowest BCUT2D eigenvalue weighted by Crippen LogP contribution is -2.25. The summed E-state index contributed by atoms with van der Waals surface area (Å²) in [5.74, 6) is 0.456. The molecule has 1 aromatic carbocycles. The Kier molecular flexibility index (Phi) is 5.25. The number of carbonyl (C=O) groups excluding carboxylic acids is 1. The number of rotatable bonds is 1. The smallest absolute Gasteiger partial charge is 0.251 e. The Morgan fingerprint density at radius 2 is 2.06 bits per heavy atom. The normalized spacial score (nSPS) is 17.1. The van der Waals surface area contributed by atoms with Crippen molar-refractivity contribution in [2.24, 2.45) is 5.41 Å². The fourth-order valence-corrected chi connectivity index (χ4v) is 1.60. The molecule has 3 nitrogen and oxygen atoms in total. The highest BCUT2D eigenvalue weighted by molar-refractivity contribution is 6.32. The zero-order valence-corrected chi connectivity index (χ0v) is 11.3. The molecule has 1 heterocycles. The number of hydrogen-bond acceptors (Lipinski definition) is 2. The first-order chi connectivity index (χ1) is 7.97. The second-order valence-corrected chi connectivity index (χ2v) is 5.00. The maximum Gasteiger partial charge on any atom is 0.251 e. The van der Waals surface area contributed by atoms with E-state index in [2.05, 4.69) is 10.3 Å². The van der Waals surface area contributed by atoms with Crippen molar-refractivity contribution in [3.05, 3.63) is 34.9 Å². The second-order valence-electron chi connectivity index (χ2n) is 4.33. The molecule has 2 rings (SSSR count). The summed E-state index contributed by atoms with van der Waals surface area (Å²) in [6.07, 6.45) is 0. The molecule has 1 amide bonds. The molecule has 0 bridgehead atoms. The molecule has 0 aromatic heterocycles. The van der Waals surface area contributed by atoms with Gasteiger partial charge in [-0.2, -0.15) is 0 Å². The Labute approximate surface area is 111 Å². The quantitative estimate of drug-likeness (QED) is 0.800. The lowest BCUT2D eigenvalue weighted by atomic mass is 9.95. The van der Waals surface area contributed by atoms with Gasteiger partial charge in [-0.1, -0.05) is 29.8 Å². The van der Waals surface area contributed by atoms with Crippen LogP contribution < -0.4 is 5.48 Å². The number of alkyl halides is 1. The van der Waals surface area contributed by atoms with Crippen LogP contribution in [0.3, 0.4) is 0 Å². The van der Waals surface area contributed by atoms with Crippen molar-refractivity contribution in [3.8, 4) is 0 Å². The van der Waals surface area contributed by atoms with E-state index in [0.29, 0.717) is 12.5 Å². The van der Waals surface area contributed by atoms with Crippen molar-refractivity contribution in [2.45, 2.75) is 19.7 Å². The van der Waals surface area contributed by atoms with Gasteiger partial charge in [0.25, 0.3) is 5.91 Å². The Morgan fingerprint density at radius 3 is 2.35 bits per heavy atom. The maximum absolute atomic E-state index is 10.7. The summed E-state index contributed by atoms with van der Waals surface area (Å²) in [5, 5.41) is 0.743. The fraction of sp³-hybridized carbons (Fsp3) is 0.417. The van der Waals surface area contributed by atoms with Crippen LogP contribution in [0.4, 0.5) is 0 Å². The van der Waals surface area contributed by atoms with E-state index < -0.39 is 0 Å². The third-order valence-corrected chi connectivity index (χ3v) is 2.97. The molecule has 0 atom stereocenters. The molecule has 0 unspecified atom stereocenters. The molecule has 1 aliphatic heterocycles. The van der Waals surface area contributed by atoms with Crippen LogP contribution in [0.25, 0.3) is 0 Å². The van der Waals surface area contributed by atoms with Crippen molar-refractivity contribution in [1.29, 1.82) is 0 Å². The van der Waals surface area contributed by atoms with E-state index in [1.54, 1.807) is 0 Å². The highest BCUT2D eigenvalue weighted by Crippen LogP contribution is 2.19. The first kappa shape index (κ1) is 14.3. The van der Waals surface area contributed by atoms with Crippen LogP contribution in [0, 0.1) is 5.41 Å². The molecular formula is C12H15Cl2NO2. The summed E-state index contributed by atoms with van der Waals surface area (Å²) in [5.41, 5.74) is 2.94. The lowest BCUT2D eigenvalue weighted by molar-refractivity contribution is -0.128. The number of benzene rings is 1. The van der Waals surface area contributed by atoms with E-state index in [9.17, 15) is 4.79 Å². The van der Waals surface area contributed by atoms with Crippen LogP contribution in [-0.2, 0) is 15.5 Å². The maximum atomic E-state index is 10.7. The van der Waals surface area contributed by atoms with Crippen LogP contribution >= 0.6 is 23.2 Å². The summed E-state index contributed by atoms with van der Waals surface area (Å²) in [4.78, 5) is 15.3. The Balaban J connectivity index is 0.000000171. The molecule has 1 N–H and O–H groups in total. The standard InChI is InChI=1S/C7H6Cl2.C5H9NO2/c8-5-6-3-1-2-4-7(6)9;1-5(2)3-8-6-4(5)7/h1-4H,5H2;3H2,1-2H3,(H,6,7). The van der Waals surface area contributed by atoms with E-state index >= 15 is 0 Å². The number of hydroxylamine groups is 1. The monoisotopic (exact) mass is 275 g/mol. The molecular weight excluding hydrogens is 261 g/mol. The van der Waals surface area contributed by atoms with E-state index in [1.807, 2.05) is 38.1 Å². The summed E-state index contributed by atoms with van der Waals surface area (Å²) in [6, 6.07) is 7.55. The molecule has 0 saturated carbocycles. The van der Waals surface area contributed by atoms with Crippen molar-refractivity contribution in [1.82, 2.24) is 5.48 Å². The van der Waals surface area contributed by atoms with Crippen LogP contribution in [-0.4, -0.2) is 12.5 Å². The van der Waals surface area contributed by atoms with Gasteiger partial charge in [0.05, 0.1) is 12.0 Å². The van der Waals surface area contributed by atoms with Gasteiger partial charge < -0.3 is 0 Å². The zero-order chi connectivity index (χ0) is 12.9. The molecule has 94 valence electrons. The van der Waals surface area contributed by atoms with Crippen LogP contribution in [0.15, 0.2) is 24.3 Å². The summed E-state index contributed by atoms with van der Waals surface area (Å²) in [6.45, 7) is 4.16. The lowest BCUT2D eigenvalue weighted by Gasteiger charge is -2.07. The molecule has 17 heavy (non-hydrogen) atoms. The predicted octanol–water partition coefficient (Wildman–Crippen LogP) is 3.15. The van der Waals surface area contributed by atoms with Gasteiger partial charge in [0.15, 0.2) is 0 Å². The number of nitrogens with one attached hydrogen (secondary N) is 1. The Hall–Kier alpha value is -0.770. The minimum atomic E-state index is -0.319. The number of hydrogen-bond donors (Lipinski definition) is 1. The minimum Gasteiger partial charge on any atom is -0.273 e. The van der Waals surface area contributed by atoms with Gasteiger partial charge in [-0.25, -0.2) is 5.48 Å². The van der Waals surface area contributed by atoms with Crippen LogP contribution in [0.5, 0.6) is 0 Å². The Morgan fingerprint density at radius 1 is 1.41 bits per heavy atom. The van der Waals surface area contributed by atoms with Crippen molar-refractivity contribution in [2.75, 3.05) is 6.61 Å². The number of halogens is 2. The van der Waals surface area contributed by atoms with Gasteiger partial charge >= 0.3 is 0 Å². The predicted molar refractivity (Wildman–Crippen MR) is 68.9 cm³/mol. The van der Waals surface area contributed by atoms with Gasteiger partial charge in [0.1, 0.15) is 0 Å². The summed E-state index contributed by atoms with van der Waals surface area (Å²) >= 11 is 11.3. The van der Waals surface area contributed by atoms with Crippen molar-refractivity contribution < 1.29 is 9.63 Å². The molecule has 1 fully saturated rings. The fourth-order valence-electron chi connectivity index (χ4n) is 1.09. The van der Waals surface area contributed by atoms with Crippen molar-refractivity contribution >= 4 is 29.1 Å². The van der Waals surface area contributed by atoms with E-state index in [1.165, 1.54) is 0 Å². The molecule has 1 saturated heterocycles. The van der Waals surface area contributed by atoms with E-state index in [0.717, 1.165) is 10.6 Å². The molecule has 5 heteroatoms. The highest BCUT2D eigenvalue weighted by atomic mass is 35.5. The average molecular weight is 276 g/mol. The average Bonchev–Trinajstić information content (AvgIpc) is 2.59. The molecule has 1 aromatic rings. The van der Waals surface area contributed by atoms with E-state index in [4.69, 9.17) is 23.2 Å². The van der Waals surface area contributed by atoms with Crippen LogP contribution in [0.2, 0.25) is 5.02 Å². The summed E-state index contributed by atoms with van der Waals surface area (Å²) < 4.78 is 0. The largest absolute Gasteiger partial charge is 0.273 e. The number of amides is 1. The van der Waals surface area contributed by atoms with E-state index in [-0.39, 0.29) is 11.3 Å². The summed E-state index contributed by atoms with van der Waals surface area (Å²) in [7, 11) is 0. The third-order valence-electron chi connectivity index (χ3n) is 2.31. The minimum absolute atomic E-state index is 0.0301. The van der Waals surface area contributed by atoms with Gasteiger partial charge in [-0.15, -0.1) is 11.6 Å². The topological polar surface area (TPSA) is 38.3 Å². The third kappa shape index (κ3) is 4.19. The first-order valence-electron chi connectivity index (χ1n) is 5.19. The van der Waals surface area contributed by atoms with Crippen molar-refractivity contribution in [3.63, 3.8) is 0 Å². The van der Waals surface area contributed by atoms with Gasteiger partial charge in [-0.3, -0.25) is 9.63 Å². The van der Waals surface area contributed by atoms with Gasteiger partial charge in [0.2, 0.25) is 0 Å². The first-order valence-corrected chi connectivity index (χ1v) is 6.10. The molecule has 1 aliphatic rings. The highest BCUT2D eigenvalue weighted by Gasteiger charge is 2.33. The Bertz CT molecular complexity index is 394. The van der Waals surface area contributed by atoms with Gasteiger partial charge in [-0.05, 0) is 25.5 Å². The number of carbonyl (C=O) groups is 1. The molecule has 0 aliphatic carbocycles. The van der Waals surface area contributed by atoms with Crippen LogP contribution in [0.1, 0.15) is 19.4 Å². The molecule has 0 radical (unpaired) electrons.